The maximum Gasteiger partial charge on any atom is 0.433 e. The smallest absolute Gasteiger partial charge is 0.357 e. The van der Waals surface area contributed by atoms with E-state index in [2.05, 4.69) is 17.2 Å². The summed E-state index contributed by atoms with van der Waals surface area (Å²) in [6.07, 6.45) is -2.39. The lowest BCUT2D eigenvalue weighted by molar-refractivity contribution is -0.141. The predicted molar refractivity (Wildman–Crippen MR) is 72.7 cm³/mol. The van der Waals surface area contributed by atoms with Crippen molar-refractivity contribution in [3.05, 3.63) is 23.9 Å². The van der Waals surface area contributed by atoms with Gasteiger partial charge in [-0.2, -0.15) is 13.2 Å². The molecule has 1 saturated heterocycles. The number of hydrogen-bond acceptors (Lipinski definition) is 3. The molecule has 1 N–H and O–H groups in total. The third kappa shape index (κ3) is 3.85. The molecule has 20 heavy (non-hydrogen) atoms. The molecule has 0 aliphatic carbocycles. The lowest BCUT2D eigenvalue weighted by Crippen LogP contribution is -2.37. The zero-order valence-corrected chi connectivity index (χ0v) is 11.6. The van der Waals surface area contributed by atoms with Crippen LogP contribution < -0.4 is 10.2 Å². The molecule has 0 atom stereocenters. The van der Waals surface area contributed by atoms with Crippen molar-refractivity contribution >= 4 is 5.82 Å². The molecule has 6 heteroatoms. The van der Waals surface area contributed by atoms with E-state index in [4.69, 9.17) is 0 Å². The first kappa shape index (κ1) is 15.1. The summed E-state index contributed by atoms with van der Waals surface area (Å²) in [5.41, 5.74) is -0.815. The molecule has 2 heterocycles. The van der Waals surface area contributed by atoms with E-state index in [1.165, 1.54) is 6.07 Å². The SMILES string of the molecule is CCNCC1CCN(c2cccc(C(F)(F)F)n2)CC1. The van der Waals surface area contributed by atoms with E-state index in [0.29, 0.717) is 11.7 Å². The second kappa shape index (κ2) is 6.43. The average Bonchev–Trinajstić information content (AvgIpc) is 2.45. The Balaban J connectivity index is 1.97. The van der Waals surface area contributed by atoms with Gasteiger partial charge in [0.05, 0.1) is 0 Å². The third-order valence-corrected chi connectivity index (χ3v) is 3.65. The molecule has 112 valence electrons. The molecule has 0 radical (unpaired) electrons. The minimum Gasteiger partial charge on any atom is -0.357 e. The summed E-state index contributed by atoms with van der Waals surface area (Å²) >= 11 is 0. The molecule has 1 aromatic rings. The molecule has 0 saturated carbocycles. The summed E-state index contributed by atoms with van der Waals surface area (Å²) in [5, 5.41) is 3.32. The van der Waals surface area contributed by atoms with Crippen molar-refractivity contribution in [1.82, 2.24) is 10.3 Å². The highest BCUT2D eigenvalue weighted by Crippen LogP contribution is 2.29. The van der Waals surface area contributed by atoms with Crippen LogP contribution in [0, 0.1) is 5.92 Å². The Kier molecular flexibility index (Phi) is 4.86. The number of nitrogens with one attached hydrogen (secondary N) is 1. The number of pyridine rings is 1. The van der Waals surface area contributed by atoms with Gasteiger partial charge in [-0.05, 0) is 44.0 Å². The molecule has 0 bridgehead atoms. The maximum absolute atomic E-state index is 12.6. The van der Waals surface area contributed by atoms with Crippen LogP contribution in [0.3, 0.4) is 0 Å². The van der Waals surface area contributed by atoms with Crippen molar-refractivity contribution in [1.29, 1.82) is 0 Å². The highest BCUT2D eigenvalue weighted by molar-refractivity contribution is 5.40. The number of alkyl halides is 3. The molecular formula is C14H20F3N3. The molecule has 0 spiro atoms. The maximum atomic E-state index is 12.6. The zero-order valence-electron chi connectivity index (χ0n) is 11.6. The second-order valence-corrected chi connectivity index (χ2v) is 5.12. The van der Waals surface area contributed by atoms with Crippen molar-refractivity contribution in [2.24, 2.45) is 5.92 Å². The van der Waals surface area contributed by atoms with E-state index in [9.17, 15) is 13.2 Å². The van der Waals surface area contributed by atoms with Gasteiger partial charge in [0.2, 0.25) is 0 Å². The van der Waals surface area contributed by atoms with Crippen LogP contribution in [0.1, 0.15) is 25.5 Å². The average molecular weight is 287 g/mol. The molecule has 1 aliphatic rings. The number of nitrogens with zero attached hydrogens (tertiary/aromatic N) is 2. The molecule has 1 fully saturated rings. The minimum absolute atomic E-state index is 0.432. The highest BCUT2D eigenvalue weighted by atomic mass is 19.4. The first-order valence-corrected chi connectivity index (χ1v) is 7.00. The fourth-order valence-electron chi connectivity index (χ4n) is 2.47. The normalized spacial score (nSPS) is 17.5. The van der Waals surface area contributed by atoms with E-state index in [0.717, 1.165) is 45.1 Å². The number of piperidine rings is 1. The molecule has 0 unspecified atom stereocenters. The van der Waals surface area contributed by atoms with Gasteiger partial charge in [-0.3, -0.25) is 0 Å². The van der Waals surface area contributed by atoms with Crippen LogP contribution in [0.5, 0.6) is 0 Å². The van der Waals surface area contributed by atoms with Crippen molar-refractivity contribution in [3.63, 3.8) is 0 Å². The molecule has 3 nitrogen and oxygen atoms in total. The summed E-state index contributed by atoms with van der Waals surface area (Å²) in [4.78, 5) is 5.68. The van der Waals surface area contributed by atoms with E-state index in [1.807, 2.05) is 4.90 Å². The summed E-state index contributed by atoms with van der Waals surface area (Å²) in [7, 11) is 0. The van der Waals surface area contributed by atoms with E-state index in [1.54, 1.807) is 6.07 Å². The molecule has 2 rings (SSSR count). The van der Waals surface area contributed by atoms with Gasteiger partial charge in [0.25, 0.3) is 0 Å². The number of rotatable bonds is 4. The highest BCUT2D eigenvalue weighted by Gasteiger charge is 2.33. The van der Waals surface area contributed by atoms with E-state index in [-0.39, 0.29) is 0 Å². The largest absolute Gasteiger partial charge is 0.433 e. The molecular weight excluding hydrogens is 267 g/mol. The van der Waals surface area contributed by atoms with Gasteiger partial charge >= 0.3 is 6.18 Å². The number of anilines is 1. The molecule has 1 aromatic heterocycles. The zero-order chi connectivity index (χ0) is 14.6. The lowest BCUT2D eigenvalue weighted by atomic mass is 9.97. The van der Waals surface area contributed by atoms with Gasteiger partial charge < -0.3 is 10.2 Å². The first-order chi connectivity index (χ1) is 9.50. The Morgan fingerprint density at radius 1 is 1.30 bits per heavy atom. The van der Waals surface area contributed by atoms with Crippen molar-refractivity contribution < 1.29 is 13.2 Å². The van der Waals surface area contributed by atoms with Crippen LogP contribution in [-0.2, 0) is 6.18 Å². The van der Waals surface area contributed by atoms with Crippen molar-refractivity contribution in [3.8, 4) is 0 Å². The van der Waals surface area contributed by atoms with Gasteiger partial charge in [0.15, 0.2) is 0 Å². The predicted octanol–water partition coefficient (Wildman–Crippen LogP) is 2.93. The van der Waals surface area contributed by atoms with Crippen molar-refractivity contribution in [2.75, 3.05) is 31.1 Å². The molecule has 0 amide bonds. The van der Waals surface area contributed by atoms with E-state index >= 15 is 0 Å². The van der Waals surface area contributed by atoms with Crippen LogP contribution in [0.15, 0.2) is 18.2 Å². The molecule has 0 aromatic carbocycles. The van der Waals surface area contributed by atoms with E-state index < -0.39 is 11.9 Å². The second-order valence-electron chi connectivity index (χ2n) is 5.12. The number of aromatic nitrogens is 1. The fraction of sp³-hybridized carbons (Fsp3) is 0.643. The van der Waals surface area contributed by atoms with Crippen LogP contribution >= 0.6 is 0 Å². The first-order valence-electron chi connectivity index (χ1n) is 7.00. The Hall–Kier alpha value is -1.30. The lowest BCUT2D eigenvalue weighted by Gasteiger charge is -2.33. The van der Waals surface area contributed by atoms with Gasteiger partial charge in [-0.25, -0.2) is 4.98 Å². The molecule has 1 aliphatic heterocycles. The Labute approximate surface area is 117 Å². The quantitative estimate of drug-likeness (QED) is 0.923. The Morgan fingerprint density at radius 3 is 2.60 bits per heavy atom. The van der Waals surface area contributed by atoms with Gasteiger partial charge in [-0.15, -0.1) is 0 Å². The van der Waals surface area contributed by atoms with Crippen LogP contribution in [-0.4, -0.2) is 31.2 Å². The topological polar surface area (TPSA) is 28.2 Å². The Morgan fingerprint density at radius 2 is 2.00 bits per heavy atom. The summed E-state index contributed by atoms with van der Waals surface area (Å²) < 4.78 is 37.9. The van der Waals surface area contributed by atoms with Gasteiger partial charge in [0.1, 0.15) is 11.5 Å². The number of halogens is 3. The summed E-state index contributed by atoms with van der Waals surface area (Å²) in [6.45, 7) is 5.55. The minimum atomic E-state index is -4.38. The number of hydrogen-bond donors (Lipinski definition) is 1. The summed E-state index contributed by atoms with van der Waals surface area (Å²) in [6, 6.07) is 4.09. The van der Waals surface area contributed by atoms with Crippen LogP contribution in [0.2, 0.25) is 0 Å². The van der Waals surface area contributed by atoms with Crippen LogP contribution in [0.4, 0.5) is 19.0 Å². The van der Waals surface area contributed by atoms with Crippen molar-refractivity contribution in [2.45, 2.75) is 25.9 Å². The fourth-order valence-corrected chi connectivity index (χ4v) is 2.47. The Bertz CT molecular complexity index is 426. The monoisotopic (exact) mass is 287 g/mol. The van der Waals surface area contributed by atoms with Crippen LogP contribution in [0.25, 0.3) is 0 Å². The summed E-state index contributed by atoms with van der Waals surface area (Å²) in [5.74, 6) is 1.04. The van der Waals surface area contributed by atoms with Gasteiger partial charge in [0, 0.05) is 13.1 Å². The third-order valence-electron chi connectivity index (χ3n) is 3.65. The van der Waals surface area contributed by atoms with Gasteiger partial charge in [-0.1, -0.05) is 13.0 Å². The standard InChI is InChI=1S/C14H20F3N3/c1-2-18-10-11-6-8-20(9-7-11)13-5-3-4-12(19-13)14(15,16)17/h3-5,11,18H,2,6-10H2,1H3.